The van der Waals surface area contributed by atoms with Crippen molar-refractivity contribution in [1.29, 1.82) is 0 Å². The van der Waals surface area contributed by atoms with Crippen molar-refractivity contribution in [3.63, 3.8) is 0 Å². The fourth-order valence-corrected chi connectivity index (χ4v) is 5.68. The van der Waals surface area contributed by atoms with Crippen LogP contribution < -0.4 is 11.1 Å². The molecule has 8 nitrogen and oxygen atoms in total. The molecule has 0 spiro atoms. The number of carbonyl (C=O) groups is 1. The average molecular weight is 607 g/mol. The van der Waals surface area contributed by atoms with Crippen molar-refractivity contribution < 1.29 is 4.79 Å². The number of nitrogens with two attached hydrogens (primary N) is 1. The van der Waals surface area contributed by atoms with Crippen molar-refractivity contribution in [3.05, 3.63) is 99.8 Å². The number of nitrogens with one attached hydrogen (secondary N) is 1. The number of benzene rings is 3. The summed E-state index contributed by atoms with van der Waals surface area (Å²) in [5.41, 5.74) is 8.98. The second-order valence-electron chi connectivity index (χ2n) is 11.0. The molecule has 10 heteroatoms. The number of hydrogen-bond acceptors (Lipinski definition) is 7. The first-order valence-corrected chi connectivity index (χ1v) is 15.0. The molecule has 0 bridgehead atoms. The molecular formula is C32H37Cl2N7O. The Kier molecular flexibility index (Phi) is 9.92. The summed E-state index contributed by atoms with van der Waals surface area (Å²) in [6.45, 7) is 4.82. The van der Waals surface area contributed by atoms with Crippen LogP contribution in [0.25, 0.3) is 10.9 Å². The summed E-state index contributed by atoms with van der Waals surface area (Å²) in [4.78, 5) is 28.9. The number of para-hydroxylation sites is 1. The zero-order valence-corrected chi connectivity index (χ0v) is 25.5. The van der Waals surface area contributed by atoms with Crippen LogP contribution in [0.3, 0.4) is 0 Å². The van der Waals surface area contributed by atoms with E-state index in [0.717, 1.165) is 53.7 Å². The second kappa shape index (κ2) is 13.8. The molecule has 3 N–H and O–H groups in total. The molecule has 3 aromatic carbocycles. The molecule has 2 heterocycles. The van der Waals surface area contributed by atoms with Crippen LogP contribution in [0.15, 0.2) is 72.8 Å². The van der Waals surface area contributed by atoms with Gasteiger partial charge < -0.3 is 16.0 Å². The fraction of sp³-hybridized carbons (Fsp3) is 0.344. The Balaban J connectivity index is 1.32. The lowest BCUT2D eigenvalue weighted by Crippen LogP contribution is -2.47. The van der Waals surface area contributed by atoms with E-state index in [1.807, 2.05) is 67.5 Å². The highest BCUT2D eigenvalue weighted by atomic mass is 35.5. The van der Waals surface area contributed by atoms with Gasteiger partial charge in [0.2, 0.25) is 5.91 Å². The number of carbonyl (C=O) groups excluding carboxylic acids is 1. The van der Waals surface area contributed by atoms with Gasteiger partial charge in [-0.15, -0.1) is 0 Å². The predicted octanol–water partition coefficient (Wildman–Crippen LogP) is 5.06. The number of halogens is 2. The van der Waals surface area contributed by atoms with Gasteiger partial charge in [0, 0.05) is 41.6 Å². The van der Waals surface area contributed by atoms with Gasteiger partial charge >= 0.3 is 0 Å². The molecule has 1 fully saturated rings. The van der Waals surface area contributed by atoms with Gasteiger partial charge in [-0.1, -0.05) is 59.6 Å². The summed E-state index contributed by atoms with van der Waals surface area (Å²) in [6.07, 6.45) is 0.584. The quantitative estimate of drug-likeness (QED) is 0.247. The highest BCUT2D eigenvalue weighted by Crippen LogP contribution is 2.31. The molecule has 1 aliphatic rings. The lowest BCUT2D eigenvalue weighted by molar-refractivity contribution is -0.118. The molecular weight excluding hydrogens is 569 g/mol. The van der Waals surface area contributed by atoms with Crippen LogP contribution in [0.2, 0.25) is 10.0 Å². The van der Waals surface area contributed by atoms with Crippen LogP contribution in [0.1, 0.15) is 29.4 Å². The number of fused-ring (bicyclic) bond motifs is 1. The van der Waals surface area contributed by atoms with E-state index in [2.05, 4.69) is 39.4 Å². The third kappa shape index (κ3) is 7.56. The second-order valence-corrected chi connectivity index (χ2v) is 11.9. The highest BCUT2D eigenvalue weighted by Gasteiger charge is 2.27. The van der Waals surface area contributed by atoms with Crippen molar-refractivity contribution in [3.8, 4) is 0 Å². The molecule has 5 rings (SSSR count). The fourth-order valence-electron chi connectivity index (χ4n) is 5.43. The number of anilines is 1. The molecule has 0 saturated carbocycles. The Hall–Kier alpha value is -3.27. The van der Waals surface area contributed by atoms with Crippen molar-refractivity contribution in [2.75, 3.05) is 52.1 Å². The third-order valence-electron chi connectivity index (χ3n) is 7.68. The van der Waals surface area contributed by atoms with E-state index in [1.165, 1.54) is 11.1 Å². The summed E-state index contributed by atoms with van der Waals surface area (Å²) in [5, 5.41) is 5.64. The molecule has 1 aromatic heterocycles. The SMILES string of the molecule is CN(C)CC[C@H](Nc1nc(CN2CCN(C(c3ccc(Cl)cc3)c3ccc(Cl)cc3)CC2)nc2ccccc12)C(N)=O. The zero-order valence-electron chi connectivity index (χ0n) is 24.0. The molecule has 0 unspecified atom stereocenters. The Morgan fingerprint density at radius 3 is 2.07 bits per heavy atom. The number of aromatic nitrogens is 2. The summed E-state index contributed by atoms with van der Waals surface area (Å²) >= 11 is 12.4. The minimum Gasteiger partial charge on any atom is -0.368 e. The first-order valence-electron chi connectivity index (χ1n) is 14.2. The molecule has 42 heavy (non-hydrogen) atoms. The van der Waals surface area contributed by atoms with Crippen LogP contribution in [0, 0.1) is 0 Å². The van der Waals surface area contributed by atoms with Crippen LogP contribution in [0.5, 0.6) is 0 Å². The Morgan fingerprint density at radius 2 is 1.50 bits per heavy atom. The Labute approximate surface area is 257 Å². The van der Waals surface area contributed by atoms with Gasteiger partial charge in [0.1, 0.15) is 17.7 Å². The van der Waals surface area contributed by atoms with Gasteiger partial charge in [-0.3, -0.25) is 14.6 Å². The average Bonchev–Trinajstić information content (AvgIpc) is 2.98. The molecule has 0 radical (unpaired) electrons. The number of rotatable bonds is 11. The lowest BCUT2D eigenvalue weighted by atomic mass is 9.96. The number of hydrogen-bond donors (Lipinski definition) is 2. The molecule has 1 aliphatic heterocycles. The van der Waals surface area contributed by atoms with E-state index >= 15 is 0 Å². The van der Waals surface area contributed by atoms with Crippen molar-refractivity contribution in [2.45, 2.75) is 25.0 Å². The number of amides is 1. The predicted molar refractivity (Wildman–Crippen MR) is 171 cm³/mol. The van der Waals surface area contributed by atoms with E-state index in [0.29, 0.717) is 24.6 Å². The molecule has 0 aliphatic carbocycles. The Morgan fingerprint density at radius 1 is 0.905 bits per heavy atom. The molecule has 1 saturated heterocycles. The van der Waals surface area contributed by atoms with Crippen LogP contribution in [-0.4, -0.2) is 83.4 Å². The molecule has 1 amide bonds. The van der Waals surface area contributed by atoms with Crippen molar-refractivity contribution in [2.24, 2.45) is 5.73 Å². The van der Waals surface area contributed by atoms with E-state index in [1.54, 1.807) is 0 Å². The summed E-state index contributed by atoms with van der Waals surface area (Å²) in [7, 11) is 3.95. The summed E-state index contributed by atoms with van der Waals surface area (Å²) < 4.78 is 0. The largest absolute Gasteiger partial charge is 0.368 e. The van der Waals surface area contributed by atoms with Crippen LogP contribution >= 0.6 is 23.2 Å². The standard InChI is InChI=1S/C32H37Cl2N7O/c1-39(2)16-15-28(31(35)42)37-32-26-5-3-4-6-27(26)36-29(38-32)21-40-17-19-41(20-18-40)30(22-7-11-24(33)12-8-22)23-9-13-25(34)14-10-23/h3-14,28,30H,15-21H2,1-2H3,(H2,35,42)(H,36,37,38)/t28-/m0/s1. The van der Waals surface area contributed by atoms with Gasteiger partial charge in [-0.05, 0) is 74.6 Å². The maximum absolute atomic E-state index is 12.3. The normalized spacial score (nSPS) is 15.4. The first kappa shape index (κ1) is 30.2. The van der Waals surface area contributed by atoms with E-state index in [4.69, 9.17) is 38.9 Å². The van der Waals surface area contributed by atoms with Crippen LogP contribution in [-0.2, 0) is 11.3 Å². The monoisotopic (exact) mass is 605 g/mol. The minimum absolute atomic E-state index is 0.0994. The first-order chi connectivity index (χ1) is 20.3. The smallest absolute Gasteiger partial charge is 0.240 e. The van der Waals surface area contributed by atoms with E-state index in [9.17, 15) is 4.79 Å². The van der Waals surface area contributed by atoms with Gasteiger partial charge in [0.25, 0.3) is 0 Å². The van der Waals surface area contributed by atoms with Gasteiger partial charge in [-0.25, -0.2) is 9.97 Å². The molecule has 4 aromatic rings. The lowest BCUT2D eigenvalue weighted by Gasteiger charge is -2.39. The van der Waals surface area contributed by atoms with Crippen molar-refractivity contribution >= 4 is 45.8 Å². The summed E-state index contributed by atoms with van der Waals surface area (Å²) in [6, 6.07) is 23.6. The molecule has 220 valence electrons. The topological polar surface area (TPSA) is 90.6 Å². The van der Waals surface area contributed by atoms with Gasteiger partial charge in [-0.2, -0.15) is 0 Å². The molecule has 1 atom stereocenters. The number of primary amides is 1. The zero-order chi connectivity index (χ0) is 29.6. The Bertz CT molecular complexity index is 1440. The number of nitrogens with zero attached hydrogens (tertiary/aromatic N) is 5. The minimum atomic E-state index is -0.528. The van der Waals surface area contributed by atoms with Gasteiger partial charge in [0.05, 0.1) is 18.1 Å². The maximum atomic E-state index is 12.3. The third-order valence-corrected chi connectivity index (χ3v) is 8.18. The van der Waals surface area contributed by atoms with E-state index < -0.39 is 11.9 Å². The highest BCUT2D eigenvalue weighted by molar-refractivity contribution is 6.30. The number of piperazine rings is 1. The maximum Gasteiger partial charge on any atom is 0.240 e. The summed E-state index contributed by atoms with van der Waals surface area (Å²) in [5.74, 6) is 0.961. The van der Waals surface area contributed by atoms with E-state index in [-0.39, 0.29) is 6.04 Å². The van der Waals surface area contributed by atoms with Crippen LogP contribution in [0.4, 0.5) is 5.82 Å². The van der Waals surface area contributed by atoms with Crippen molar-refractivity contribution in [1.82, 2.24) is 24.7 Å². The van der Waals surface area contributed by atoms with Gasteiger partial charge in [0.15, 0.2) is 0 Å².